The zero-order valence-electron chi connectivity index (χ0n) is 15.0. The summed E-state index contributed by atoms with van der Waals surface area (Å²) in [6.07, 6.45) is 0. The monoisotopic (exact) mass is 377 g/mol. The summed E-state index contributed by atoms with van der Waals surface area (Å²) in [7, 11) is -3.46. The number of ether oxygens (including phenoxy) is 1. The molecule has 0 atom stereocenters. The van der Waals surface area contributed by atoms with E-state index in [-0.39, 0.29) is 23.8 Å². The first kappa shape index (κ1) is 19.8. The van der Waals surface area contributed by atoms with Crippen molar-refractivity contribution >= 4 is 21.7 Å². The van der Waals surface area contributed by atoms with E-state index in [0.717, 1.165) is 11.1 Å². The fourth-order valence-corrected chi connectivity index (χ4v) is 3.85. The van der Waals surface area contributed by atoms with Crippen molar-refractivity contribution in [2.75, 3.05) is 10.5 Å². The van der Waals surface area contributed by atoms with Gasteiger partial charge in [0, 0.05) is 0 Å². The molecule has 0 saturated carbocycles. The maximum atomic E-state index is 12.2. The minimum absolute atomic E-state index is 0.00932. The lowest BCUT2D eigenvalue weighted by Gasteiger charge is -2.15. The molecule has 26 heavy (non-hydrogen) atoms. The van der Waals surface area contributed by atoms with Crippen LogP contribution in [0.2, 0.25) is 0 Å². The Hall–Kier alpha value is -2.54. The molecule has 0 aliphatic heterocycles. The van der Waals surface area contributed by atoms with Gasteiger partial charge >= 0.3 is 5.97 Å². The standard InChI is InChI=1S/C19H23NO5S/c1-13(2)12-26(23,24)20-17-9-4-14(3)10-18(17)25-11-15-5-7-16(8-6-15)19(21)22/h4-10,13,20H,11-12H2,1-3H3,(H,21,22). The van der Waals surface area contributed by atoms with Crippen molar-refractivity contribution in [2.45, 2.75) is 27.4 Å². The van der Waals surface area contributed by atoms with Gasteiger partial charge in [-0.15, -0.1) is 0 Å². The van der Waals surface area contributed by atoms with Crippen LogP contribution in [0, 0.1) is 12.8 Å². The van der Waals surface area contributed by atoms with E-state index in [1.165, 1.54) is 12.1 Å². The Labute approximate surface area is 153 Å². The topological polar surface area (TPSA) is 92.7 Å². The van der Waals surface area contributed by atoms with Crippen molar-refractivity contribution in [1.82, 2.24) is 0 Å². The zero-order chi connectivity index (χ0) is 19.3. The van der Waals surface area contributed by atoms with E-state index in [1.54, 1.807) is 24.3 Å². The summed E-state index contributed by atoms with van der Waals surface area (Å²) in [5.74, 6) is -0.524. The van der Waals surface area contributed by atoms with Crippen molar-refractivity contribution in [1.29, 1.82) is 0 Å². The van der Waals surface area contributed by atoms with Crippen LogP contribution < -0.4 is 9.46 Å². The molecule has 2 N–H and O–H groups in total. The molecule has 2 rings (SSSR count). The fourth-order valence-electron chi connectivity index (χ4n) is 2.39. The molecule has 140 valence electrons. The SMILES string of the molecule is Cc1ccc(NS(=O)(=O)CC(C)C)c(OCc2ccc(C(=O)O)cc2)c1. The Kier molecular flexibility index (Phi) is 6.26. The Morgan fingerprint density at radius 1 is 1.15 bits per heavy atom. The lowest BCUT2D eigenvalue weighted by Crippen LogP contribution is -2.20. The van der Waals surface area contributed by atoms with Crippen LogP contribution in [0.1, 0.15) is 35.3 Å². The Balaban J connectivity index is 2.15. The Morgan fingerprint density at radius 2 is 1.81 bits per heavy atom. The van der Waals surface area contributed by atoms with Crippen molar-refractivity contribution in [3.05, 3.63) is 59.2 Å². The molecule has 0 fully saturated rings. The first-order valence-corrected chi connectivity index (χ1v) is 9.87. The summed E-state index contributed by atoms with van der Waals surface area (Å²) in [5.41, 5.74) is 2.31. The van der Waals surface area contributed by atoms with E-state index >= 15 is 0 Å². The molecule has 0 saturated heterocycles. The summed E-state index contributed by atoms with van der Waals surface area (Å²) >= 11 is 0. The van der Waals surface area contributed by atoms with Crippen LogP contribution in [0.5, 0.6) is 5.75 Å². The Bertz CT molecular complexity index is 873. The molecule has 0 unspecified atom stereocenters. The third kappa shape index (κ3) is 5.77. The summed E-state index contributed by atoms with van der Waals surface area (Å²) < 4.78 is 32.8. The van der Waals surface area contributed by atoms with Crippen LogP contribution in [-0.4, -0.2) is 25.2 Å². The summed E-state index contributed by atoms with van der Waals surface area (Å²) in [6.45, 7) is 5.77. The van der Waals surface area contributed by atoms with Crippen LogP contribution in [-0.2, 0) is 16.6 Å². The lowest BCUT2D eigenvalue weighted by molar-refractivity contribution is 0.0697. The van der Waals surface area contributed by atoms with Crippen LogP contribution >= 0.6 is 0 Å². The molecule has 0 radical (unpaired) electrons. The van der Waals surface area contributed by atoms with Crippen LogP contribution in [0.3, 0.4) is 0 Å². The van der Waals surface area contributed by atoms with Crippen molar-refractivity contribution < 1.29 is 23.1 Å². The first-order chi connectivity index (χ1) is 12.2. The van der Waals surface area contributed by atoms with E-state index < -0.39 is 16.0 Å². The van der Waals surface area contributed by atoms with Gasteiger partial charge in [0.15, 0.2) is 0 Å². The van der Waals surface area contributed by atoms with Gasteiger partial charge in [-0.25, -0.2) is 13.2 Å². The molecule has 0 spiro atoms. The second kappa shape index (κ2) is 8.23. The van der Waals surface area contributed by atoms with E-state index in [2.05, 4.69) is 4.72 Å². The van der Waals surface area contributed by atoms with E-state index in [9.17, 15) is 13.2 Å². The molecule has 0 amide bonds. The van der Waals surface area contributed by atoms with Crippen molar-refractivity contribution in [2.24, 2.45) is 5.92 Å². The maximum absolute atomic E-state index is 12.2. The minimum Gasteiger partial charge on any atom is -0.487 e. The number of carboxylic acids is 1. The number of anilines is 1. The number of hydrogen-bond donors (Lipinski definition) is 2. The molecule has 6 nitrogen and oxygen atoms in total. The molecule has 2 aromatic carbocycles. The highest BCUT2D eigenvalue weighted by atomic mass is 32.2. The van der Waals surface area contributed by atoms with Gasteiger partial charge in [0.2, 0.25) is 10.0 Å². The number of sulfonamides is 1. The molecule has 0 bridgehead atoms. The van der Waals surface area contributed by atoms with Gasteiger partial charge in [0.05, 0.1) is 17.0 Å². The van der Waals surface area contributed by atoms with Gasteiger partial charge in [0.1, 0.15) is 12.4 Å². The third-order valence-corrected chi connectivity index (χ3v) is 5.19. The number of carboxylic acid groups (broad SMARTS) is 1. The minimum atomic E-state index is -3.46. The van der Waals surface area contributed by atoms with Crippen LogP contribution in [0.15, 0.2) is 42.5 Å². The fraction of sp³-hybridized carbons (Fsp3) is 0.316. The quantitative estimate of drug-likeness (QED) is 0.732. The molecular formula is C19H23NO5S. The highest BCUT2D eigenvalue weighted by Gasteiger charge is 2.16. The van der Waals surface area contributed by atoms with E-state index in [1.807, 2.05) is 26.8 Å². The number of aromatic carboxylic acids is 1. The highest BCUT2D eigenvalue weighted by Crippen LogP contribution is 2.28. The normalized spacial score (nSPS) is 11.4. The van der Waals surface area contributed by atoms with Crippen molar-refractivity contribution in [3.63, 3.8) is 0 Å². The molecular weight excluding hydrogens is 354 g/mol. The van der Waals surface area contributed by atoms with E-state index in [4.69, 9.17) is 9.84 Å². The molecule has 0 aliphatic carbocycles. The molecule has 7 heteroatoms. The average molecular weight is 377 g/mol. The summed E-state index contributed by atoms with van der Waals surface area (Å²) in [6, 6.07) is 11.6. The maximum Gasteiger partial charge on any atom is 0.335 e. The molecule has 0 aliphatic rings. The van der Waals surface area contributed by atoms with Gasteiger partial charge < -0.3 is 9.84 Å². The smallest absolute Gasteiger partial charge is 0.335 e. The number of carbonyl (C=O) groups is 1. The summed E-state index contributed by atoms with van der Waals surface area (Å²) in [4.78, 5) is 10.9. The average Bonchev–Trinajstić information content (AvgIpc) is 2.54. The van der Waals surface area contributed by atoms with Gasteiger partial charge in [-0.2, -0.15) is 0 Å². The number of nitrogens with one attached hydrogen (secondary N) is 1. The van der Waals surface area contributed by atoms with Crippen molar-refractivity contribution in [3.8, 4) is 5.75 Å². The Morgan fingerprint density at radius 3 is 2.38 bits per heavy atom. The summed E-state index contributed by atoms with van der Waals surface area (Å²) in [5, 5.41) is 8.92. The molecule has 0 aromatic heterocycles. The third-order valence-electron chi connectivity index (χ3n) is 3.55. The van der Waals surface area contributed by atoms with Crippen LogP contribution in [0.25, 0.3) is 0 Å². The highest BCUT2D eigenvalue weighted by molar-refractivity contribution is 7.92. The first-order valence-electron chi connectivity index (χ1n) is 8.22. The van der Waals surface area contributed by atoms with Gasteiger partial charge in [-0.3, -0.25) is 4.72 Å². The second-order valence-corrected chi connectivity index (χ2v) is 8.33. The molecule has 0 heterocycles. The van der Waals surface area contributed by atoms with Gasteiger partial charge in [-0.05, 0) is 48.2 Å². The number of hydrogen-bond acceptors (Lipinski definition) is 4. The number of rotatable bonds is 8. The lowest BCUT2D eigenvalue weighted by atomic mass is 10.1. The van der Waals surface area contributed by atoms with Crippen LogP contribution in [0.4, 0.5) is 5.69 Å². The van der Waals surface area contributed by atoms with Gasteiger partial charge in [0.25, 0.3) is 0 Å². The van der Waals surface area contributed by atoms with Gasteiger partial charge in [-0.1, -0.05) is 32.0 Å². The predicted octanol–water partition coefficient (Wildman–Crippen LogP) is 3.67. The predicted molar refractivity (Wildman–Crippen MR) is 101 cm³/mol. The number of benzene rings is 2. The largest absolute Gasteiger partial charge is 0.487 e. The zero-order valence-corrected chi connectivity index (χ0v) is 15.8. The van der Waals surface area contributed by atoms with E-state index in [0.29, 0.717) is 11.4 Å². The number of aryl methyl sites for hydroxylation is 1. The second-order valence-electron chi connectivity index (χ2n) is 6.57. The molecule has 2 aromatic rings.